The third-order valence-corrected chi connectivity index (χ3v) is 3.00. The van der Waals surface area contributed by atoms with Gasteiger partial charge in [-0.05, 0) is 16.8 Å². The number of amides is 1. The number of carbonyl (C=O) groups is 2. The first-order valence-electron chi connectivity index (χ1n) is 6.55. The highest BCUT2D eigenvalue weighted by molar-refractivity contribution is 6.01. The number of carbonyl (C=O) groups excluding carboxylic acids is 2. The predicted octanol–water partition coefficient (Wildman–Crippen LogP) is 2.40. The molecule has 104 valence electrons. The van der Waals surface area contributed by atoms with Gasteiger partial charge in [-0.15, -0.1) is 0 Å². The molecule has 2 aromatic carbocycles. The molecule has 4 heteroatoms. The molecule has 0 atom stereocenters. The minimum Gasteiger partial charge on any atom is -0.294 e. The van der Waals surface area contributed by atoms with E-state index in [1.807, 2.05) is 42.5 Å². The van der Waals surface area contributed by atoms with Crippen molar-refractivity contribution in [1.82, 2.24) is 10.4 Å². The molecule has 1 N–H and O–H groups in total. The highest BCUT2D eigenvalue weighted by Crippen LogP contribution is 2.17. The topological polar surface area (TPSA) is 49.4 Å². The van der Waals surface area contributed by atoms with Crippen LogP contribution >= 0.6 is 0 Å². The highest BCUT2D eigenvalue weighted by atomic mass is 16.2. The standard InChI is InChI=1S/C16H18N2O2/c1-18(2)17-16(20)10-9-15(19)14-8-7-12-5-3-4-6-13(12)11-14/h3-8,11H,9-10H2,1-2H3,(H,17,20). The lowest BCUT2D eigenvalue weighted by Gasteiger charge is -2.11. The fourth-order valence-corrected chi connectivity index (χ4v) is 2.04. The Hall–Kier alpha value is -2.20. The number of nitrogens with zero attached hydrogens (tertiary/aromatic N) is 1. The summed E-state index contributed by atoms with van der Waals surface area (Å²) in [5, 5.41) is 3.72. The molecule has 1 amide bonds. The van der Waals surface area contributed by atoms with Gasteiger partial charge in [-0.2, -0.15) is 0 Å². The largest absolute Gasteiger partial charge is 0.294 e. The lowest BCUT2D eigenvalue weighted by atomic mass is 10.0. The van der Waals surface area contributed by atoms with Gasteiger partial charge in [0.15, 0.2) is 5.78 Å². The number of Topliss-reactive ketones (excluding diaryl/α,β-unsaturated/α-hetero) is 1. The Morgan fingerprint density at radius 2 is 1.70 bits per heavy atom. The second kappa shape index (κ2) is 6.30. The number of hydrazine groups is 1. The number of hydrogen-bond acceptors (Lipinski definition) is 3. The molecule has 0 saturated heterocycles. The number of benzene rings is 2. The van der Waals surface area contributed by atoms with E-state index in [1.54, 1.807) is 19.1 Å². The van der Waals surface area contributed by atoms with Crippen LogP contribution in [0.4, 0.5) is 0 Å². The Bertz CT molecular complexity index is 635. The number of fused-ring (bicyclic) bond motifs is 1. The number of ketones is 1. The van der Waals surface area contributed by atoms with Crippen LogP contribution in [0.3, 0.4) is 0 Å². The summed E-state index contributed by atoms with van der Waals surface area (Å²) in [6.45, 7) is 0. The molecule has 2 rings (SSSR count). The monoisotopic (exact) mass is 270 g/mol. The maximum absolute atomic E-state index is 12.1. The van der Waals surface area contributed by atoms with Crippen molar-refractivity contribution in [3.05, 3.63) is 48.0 Å². The average molecular weight is 270 g/mol. The second-order valence-corrected chi connectivity index (χ2v) is 4.91. The third-order valence-electron chi connectivity index (χ3n) is 3.00. The van der Waals surface area contributed by atoms with E-state index in [-0.39, 0.29) is 24.5 Å². The van der Waals surface area contributed by atoms with Gasteiger partial charge in [0, 0.05) is 32.5 Å². The minimum atomic E-state index is -0.149. The highest BCUT2D eigenvalue weighted by Gasteiger charge is 2.10. The fraction of sp³-hybridized carbons (Fsp3) is 0.250. The Labute approximate surface area is 118 Å². The van der Waals surface area contributed by atoms with Crippen molar-refractivity contribution in [2.75, 3.05) is 14.1 Å². The van der Waals surface area contributed by atoms with Gasteiger partial charge in [0.1, 0.15) is 0 Å². The van der Waals surface area contributed by atoms with E-state index >= 15 is 0 Å². The van der Waals surface area contributed by atoms with Crippen LogP contribution in [0, 0.1) is 0 Å². The second-order valence-electron chi connectivity index (χ2n) is 4.91. The lowest BCUT2D eigenvalue weighted by Crippen LogP contribution is -2.36. The van der Waals surface area contributed by atoms with Crippen molar-refractivity contribution in [1.29, 1.82) is 0 Å². The van der Waals surface area contributed by atoms with Crippen molar-refractivity contribution in [2.45, 2.75) is 12.8 Å². The van der Waals surface area contributed by atoms with Crippen LogP contribution < -0.4 is 5.43 Å². The molecule has 0 aliphatic carbocycles. The normalized spacial score (nSPS) is 10.8. The van der Waals surface area contributed by atoms with Gasteiger partial charge < -0.3 is 0 Å². The summed E-state index contributed by atoms with van der Waals surface area (Å²) in [6.07, 6.45) is 0.419. The van der Waals surface area contributed by atoms with Crippen LogP contribution in [0.25, 0.3) is 10.8 Å². The molecule has 0 spiro atoms. The van der Waals surface area contributed by atoms with Crippen LogP contribution in [0.5, 0.6) is 0 Å². The maximum Gasteiger partial charge on any atom is 0.234 e. The first-order chi connectivity index (χ1) is 9.56. The van der Waals surface area contributed by atoms with Crippen LogP contribution in [0.1, 0.15) is 23.2 Å². The van der Waals surface area contributed by atoms with Gasteiger partial charge >= 0.3 is 0 Å². The fourth-order valence-electron chi connectivity index (χ4n) is 2.04. The quantitative estimate of drug-likeness (QED) is 0.670. The molecule has 0 aliphatic rings. The van der Waals surface area contributed by atoms with E-state index < -0.39 is 0 Å². The summed E-state index contributed by atoms with van der Waals surface area (Å²) in [7, 11) is 3.48. The molecule has 0 unspecified atom stereocenters. The molecule has 0 saturated carbocycles. The summed E-state index contributed by atoms with van der Waals surface area (Å²) in [5.74, 6) is -0.159. The van der Waals surface area contributed by atoms with E-state index in [4.69, 9.17) is 0 Å². The van der Waals surface area contributed by atoms with Crippen LogP contribution in [-0.4, -0.2) is 30.8 Å². The van der Waals surface area contributed by atoms with Crippen molar-refractivity contribution in [3.8, 4) is 0 Å². The van der Waals surface area contributed by atoms with E-state index in [2.05, 4.69) is 5.43 Å². The van der Waals surface area contributed by atoms with Gasteiger partial charge in [0.25, 0.3) is 0 Å². The molecular formula is C16H18N2O2. The molecule has 4 nitrogen and oxygen atoms in total. The lowest BCUT2D eigenvalue weighted by molar-refractivity contribution is -0.124. The number of rotatable bonds is 5. The molecule has 0 radical (unpaired) electrons. The van der Waals surface area contributed by atoms with E-state index in [0.717, 1.165) is 10.8 Å². The molecule has 0 aromatic heterocycles. The van der Waals surface area contributed by atoms with Crippen molar-refractivity contribution in [2.24, 2.45) is 0 Å². The smallest absolute Gasteiger partial charge is 0.234 e. The molecule has 2 aromatic rings. The summed E-state index contributed by atoms with van der Waals surface area (Å²) < 4.78 is 0. The molecule has 0 fully saturated rings. The molecule has 0 bridgehead atoms. The zero-order valence-corrected chi connectivity index (χ0v) is 11.7. The summed E-state index contributed by atoms with van der Waals surface area (Å²) in [4.78, 5) is 23.6. The van der Waals surface area contributed by atoms with Crippen LogP contribution in [0.15, 0.2) is 42.5 Å². The van der Waals surface area contributed by atoms with E-state index in [0.29, 0.717) is 5.56 Å². The average Bonchev–Trinajstić information content (AvgIpc) is 2.43. The Morgan fingerprint density at radius 3 is 2.40 bits per heavy atom. The Morgan fingerprint density at radius 1 is 1.00 bits per heavy atom. The van der Waals surface area contributed by atoms with Gasteiger partial charge in [-0.3, -0.25) is 15.0 Å². The van der Waals surface area contributed by atoms with Crippen molar-refractivity contribution >= 4 is 22.5 Å². The number of nitrogens with one attached hydrogen (secondary N) is 1. The number of hydrogen-bond donors (Lipinski definition) is 1. The Kier molecular flexibility index (Phi) is 4.48. The molecule has 0 heterocycles. The van der Waals surface area contributed by atoms with Crippen LogP contribution in [-0.2, 0) is 4.79 Å². The van der Waals surface area contributed by atoms with E-state index in [9.17, 15) is 9.59 Å². The summed E-state index contributed by atoms with van der Waals surface area (Å²) in [6, 6.07) is 13.5. The molecular weight excluding hydrogens is 252 g/mol. The molecule has 0 aliphatic heterocycles. The summed E-state index contributed by atoms with van der Waals surface area (Å²) in [5.41, 5.74) is 3.28. The van der Waals surface area contributed by atoms with Crippen molar-refractivity contribution in [3.63, 3.8) is 0 Å². The Balaban J connectivity index is 2.02. The maximum atomic E-state index is 12.1. The van der Waals surface area contributed by atoms with E-state index in [1.165, 1.54) is 0 Å². The summed E-state index contributed by atoms with van der Waals surface area (Å²) >= 11 is 0. The van der Waals surface area contributed by atoms with Gasteiger partial charge in [-0.1, -0.05) is 36.4 Å². The zero-order valence-electron chi connectivity index (χ0n) is 11.7. The van der Waals surface area contributed by atoms with Gasteiger partial charge in [0.05, 0.1) is 0 Å². The first-order valence-corrected chi connectivity index (χ1v) is 6.55. The minimum absolute atomic E-state index is 0.00957. The van der Waals surface area contributed by atoms with Gasteiger partial charge in [0.2, 0.25) is 5.91 Å². The zero-order chi connectivity index (χ0) is 14.5. The molecule has 20 heavy (non-hydrogen) atoms. The van der Waals surface area contributed by atoms with Crippen LogP contribution in [0.2, 0.25) is 0 Å². The third kappa shape index (κ3) is 3.65. The predicted molar refractivity (Wildman–Crippen MR) is 79.3 cm³/mol. The van der Waals surface area contributed by atoms with Crippen molar-refractivity contribution < 1.29 is 9.59 Å². The first kappa shape index (κ1) is 14.2. The van der Waals surface area contributed by atoms with Gasteiger partial charge in [-0.25, -0.2) is 5.01 Å². The SMILES string of the molecule is CN(C)NC(=O)CCC(=O)c1ccc2ccccc2c1.